The van der Waals surface area contributed by atoms with E-state index in [9.17, 15) is 9.18 Å². The molecule has 3 nitrogen and oxygen atoms in total. The molecule has 1 saturated heterocycles. The fourth-order valence-electron chi connectivity index (χ4n) is 2.64. The Labute approximate surface area is 113 Å². The molecule has 0 saturated carbocycles. The van der Waals surface area contributed by atoms with Gasteiger partial charge >= 0.3 is 0 Å². The molecule has 0 bridgehead atoms. The van der Waals surface area contributed by atoms with Crippen LogP contribution >= 0.6 is 0 Å². The van der Waals surface area contributed by atoms with E-state index in [1.165, 1.54) is 26.0 Å². The van der Waals surface area contributed by atoms with E-state index in [4.69, 9.17) is 4.74 Å². The van der Waals surface area contributed by atoms with E-state index in [1.54, 1.807) is 12.1 Å². The van der Waals surface area contributed by atoms with Gasteiger partial charge in [0.25, 0.3) is 0 Å². The minimum atomic E-state index is -0.501. The summed E-state index contributed by atoms with van der Waals surface area (Å²) in [5.74, 6) is -0.368. The van der Waals surface area contributed by atoms with Gasteiger partial charge in [-0.05, 0) is 38.4 Å². The Hall–Kier alpha value is -1.42. The topological polar surface area (TPSA) is 29.5 Å². The lowest BCUT2D eigenvalue weighted by Gasteiger charge is -2.20. The number of halogens is 1. The molecule has 4 heteroatoms. The van der Waals surface area contributed by atoms with Crippen molar-refractivity contribution in [1.29, 1.82) is 0 Å². The van der Waals surface area contributed by atoms with Gasteiger partial charge in [-0.1, -0.05) is 6.07 Å². The van der Waals surface area contributed by atoms with Crippen LogP contribution in [-0.4, -0.2) is 36.9 Å². The van der Waals surface area contributed by atoms with Gasteiger partial charge in [0.15, 0.2) is 5.78 Å². The molecule has 1 aromatic carbocycles. The van der Waals surface area contributed by atoms with Gasteiger partial charge in [0.05, 0.1) is 12.7 Å². The molecule has 1 aromatic rings. The number of ether oxygens (including phenoxy) is 1. The quantitative estimate of drug-likeness (QED) is 0.767. The molecule has 0 amide bonds. The summed E-state index contributed by atoms with van der Waals surface area (Å²) in [4.78, 5) is 14.4. The van der Waals surface area contributed by atoms with Crippen molar-refractivity contribution in [3.63, 3.8) is 0 Å². The number of benzene rings is 1. The van der Waals surface area contributed by atoms with Crippen molar-refractivity contribution in [3.05, 3.63) is 29.6 Å². The number of carbonyl (C=O) groups excluding carboxylic acids is 1. The number of Topliss-reactive ketones (excluding diaryl/α,β-unsaturated/α-hetero) is 1. The highest BCUT2D eigenvalue weighted by atomic mass is 19.1. The first kappa shape index (κ1) is 14.0. The number of hydrogen-bond acceptors (Lipinski definition) is 3. The van der Waals surface area contributed by atoms with Crippen LogP contribution < -0.4 is 4.74 Å². The predicted octanol–water partition coefficient (Wildman–Crippen LogP) is 2.89. The molecule has 1 fully saturated rings. The minimum Gasteiger partial charge on any atom is -0.496 e. The Morgan fingerprint density at radius 1 is 1.53 bits per heavy atom. The maximum atomic E-state index is 13.8. The van der Waals surface area contributed by atoms with Crippen LogP contribution in [0.2, 0.25) is 0 Å². The predicted molar refractivity (Wildman–Crippen MR) is 72.2 cm³/mol. The summed E-state index contributed by atoms with van der Waals surface area (Å²) >= 11 is 0. The molecule has 1 aliphatic heterocycles. The highest BCUT2D eigenvalue weighted by Gasteiger charge is 2.22. The summed E-state index contributed by atoms with van der Waals surface area (Å²) in [5.41, 5.74) is 0.0804. The first-order valence-electron chi connectivity index (χ1n) is 6.73. The van der Waals surface area contributed by atoms with Crippen LogP contribution in [0, 0.1) is 5.82 Å². The number of carbonyl (C=O) groups is 1. The molecule has 0 spiro atoms. The Bertz CT molecular complexity index is 461. The van der Waals surface area contributed by atoms with Crippen molar-refractivity contribution in [3.8, 4) is 5.75 Å². The smallest absolute Gasteiger partial charge is 0.170 e. The molecular formula is C15H20FNO2. The highest BCUT2D eigenvalue weighted by molar-refractivity contribution is 5.99. The average molecular weight is 265 g/mol. The summed E-state index contributed by atoms with van der Waals surface area (Å²) in [6.07, 6.45) is 2.69. The van der Waals surface area contributed by atoms with Crippen LogP contribution in [0.4, 0.5) is 4.39 Å². The summed E-state index contributed by atoms with van der Waals surface area (Å²) in [7, 11) is 1.45. The number of ketones is 1. The van der Waals surface area contributed by atoms with Crippen LogP contribution in [0.1, 0.15) is 36.5 Å². The standard InChI is InChI=1S/C15H20FNO2/c1-11-5-4-9-17(11)10-8-13(18)15-12(16)6-3-7-14(15)19-2/h3,6-7,11H,4-5,8-10H2,1-2H3. The third kappa shape index (κ3) is 3.13. The van der Waals surface area contributed by atoms with Gasteiger partial charge in [-0.25, -0.2) is 4.39 Å². The van der Waals surface area contributed by atoms with Crippen molar-refractivity contribution < 1.29 is 13.9 Å². The molecule has 1 unspecified atom stereocenters. The van der Waals surface area contributed by atoms with Crippen molar-refractivity contribution in [1.82, 2.24) is 4.90 Å². The summed E-state index contributed by atoms with van der Waals surface area (Å²) in [6.45, 7) is 3.89. The van der Waals surface area contributed by atoms with Crippen LogP contribution in [0.3, 0.4) is 0 Å². The number of methoxy groups -OCH3 is 1. The maximum absolute atomic E-state index is 13.8. The number of rotatable bonds is 5. The number of nitrogens with zero attached hydrogens (tertiary/aromatic N) is 1. The fourth-order valence-corrected chi connectivity index (χ4v) is 2.64. The first-order chi connectivity index (χ1) is 9.13. The molecule has 19 heavy (non-hydrogen) atoms. The fraction of sp³-hybridized carbons (Fsp3) is 0.533. The van der Waals surface area contributed by atoms with Crippen molar-refractivity contribution >= 4 is 5.78 Å². The molecule has 104 valence electrons. The van der Waals surface area contributed by atoms with Crippen LogP contribution in [0.25, 0.3) is 0 Å². The second-order valence-electron chi connectivity index (χ2n) is 5.02. The van der Waals surface area contributed by atoms with Gasteiger partial charge in [-0.15, -0.1) is 0 Å². The van der Waals surface area contributed by atoms with Gasteiger partial charge in [-0.2, -0.15) is 0 Å². The van der Waals surface area contributed by atoms with E-state index in [1.807, 2.05) is 0 Å². The SMILES string of the molecule is COc1cccc(F)c1C(=O)CCN1CCCC1C. The minimum absolute atomic E-state index is 0.0804. The lowest BCUT2D eigenvalue weighted by atomic mass is 10.1. The lowest BCUT2D eigenvalue weighted by Crippen LogP contribution is -2.29. The van der Waals surface area contributed by atoms with Crippen molar-refractivity contribution in [2.75, 3.05) is 20.2 Å². The first-order valence-corrected chi connectivity index (χ1v) is 6.73. The zero-order valence-corrected chi connectivity index (χ0v) is 11.5. The van der Waals surface area contributed by atoms with E-state index in [0.717, 1.165) is 6.54 Å². The monoisotopic (exact) mass is 265 g/mol. The molecule has 1 heterocycles. The Morgan fingerprint density at radius 2 is 2.32 bits per heavy atom. The largest absolute Gasteiger partial charge is 0.496 e. The van der Waals surface area contributed by atoms with E-state index in [0.29, 0.717) is 24.8 Å². The lowest BCUT2D eigenvalue weighted by molar-refractivity contribution is 0.0956. The van der Waals surface area contributed by atoms with E-state index in [2.05, 4.69) is 11.8 Å². The maximum Gasteiger partial charge on any atom is 0.170 e. The third-order valence-corrected chi connectivity index (χ3v) is 3.79. The number of hydrogen-bond donors (Lipinski definition) is 0. The van der Waals surface area contributed by atoms with Crippen molar-refractivity contribution in [2.24, 2.45) is 0 Å². The highest BCUT2D eigenvalue weighted by Crippen LogP contribution is 2.23. The van der Waals surface area contributed by atoms with Gasteiger partial charge in [0.2, 0.25) is 0 Å². The molecule has 0 aromatic heterocycles. The molecule has 1 atom stereocenters. The molecule has 0 N–H and O–H groups in total. The zero-order valence-electron chi connectivity index (χ0n) is 11.5. The molecular weight excluding hydrogens is 245 g/mol. The van der Waals surface area contributed by atoms with E-state index < -0.39 is 5.82 Å². The molecule has 0 aliphatic carbocycles. The van der Waals surface area contributed by atoms with Gasteiger partial charge in [0, 0.05) is 19.0 Å². The van der Waals surface area contributed by atoms with Crippen molar-refractivity contribution in [2.45, 2.75) is 32.2 Å². The third-order valence-electron chi connectivity index (χ3n) is 3.79. The zero-order chi connectivity index (χ0) is 13.8. The number of likely N-dealkylation sites (tertiary alicyclic amines) is 1. The Balaban J connectivity index is 2.03. The normalized spacial score (nSPS) is 19.6. The Kier molecular flexibility index (Phi) is 4.53. The van der Waals surface area contributed by atoms with Gasteiger partial charge in [-0.3, -0.25) is 4.79 Å². The average Bonchev–Trinajstić information content (AvgIpc) is 2.81. The molecule has 2 rings (SSSR count). The summed E-state index contributed by atoms with van der Waals surface area (Å²) < 4.78 is 18.8. The van der Waals surface area contributed by atoms with Crippen LogP contribution in [0.5, 0.6) is 5.75 Å². The second kappa shape index (κ2) is 6.15. The summed E-state index contributed by atoms with van der Waals surface area (Å²) in [6, 6.07) is 4.99. The Morgan fingerprint density at radius 3 is 2.95 bits per heavy atom. The van der Waals surface area contributed by atoms with Crippen LogP contribution in [0.15, 0.2) is 18.2 Å². The van der Waals surface area contributed by atoms with Gasteiger partial charge in [0.1, 0.15) is 11.6 Å². The van der Waals surface area contributed by atoms with Gasteiger partial charge < -0.3 is 9.64 Å². The molecule has 0 radical (unpaired) electrons. The summed E-state index contributed by atoms with van der Waals surface area (Å²) in [5, 5.41) is 0. The van der Waals surface area contributed by atoms with E-state index >= 15 is 0 Å². The van der Waals surface area contributed by atoms with Crippen LogP contribution in [-0.2, 0) is 0 Å². The van der Waals surface area contributed by atoms with E-state index in [-0.39, 0.29) is 11.3 Å². The second-order valence-corrected chi connectivity index (χ2v) is 5.02. The molecule has 1 aliphatic rings.